The molecule has 0 bridgehead atoms. The molecule has 0 N–H and O–H groups in total. The van der Waals surface area contributed by atoms with Crippen molar-refractivity contribution in [3.8, 4) is 39.5 Å². The fraction of sp³-hybridized carbons (Fsp3) is 0.532. The molecule has 1 atom stereocenters. The third-order valence-electron chi connectivity index (χ3n) is 26.0. The number of aryl methyl sites for hydroxylation is 2. The van der Waals surface area contributed by atoms with Crippen molar-refractivity contribution in [3.63, 3.8) is 0 Å². The van der Waals surface area contributed by atoms with Crippen LogP contribution in [0.2, 0.25) is 0 Å². The Labute approximate surface area is 658 Å². The fourth-order valence-electron chi connectivity index (χ4n) is 18.5. The number of halogens is 14. The van der Waals surface area contributed by atoms with Crippen LogP contribution in [0.25, 0.3) is 27.8 Å². The molecule has 0 aromatic heterocycles. The number of hydrogen-bond acceptors (Lipinski definition) is 3. The second-order valence-corrected chi connectivity index (χ2v) is 33.5. The molecule has 0 saturated heterocycles. The molecule has 7 aliphatic carbocycles. The van der Waals surface area contributed by atoms with E-state index in [1.165, 1.54) is 147 Å². The Morgan fingerprint density at radius 3 is 0.838 bits per heavy atom. The van der Waals surface area contributed by atoms with Crippen molar-refractivity contribution in [1.82, 2.24) is 0 Å². The van der Waals surface area contributed by atoms with Crippen LogP contribution in [-0.4, -0.2) is 21.3 Å². The van der Waals surface area contributed by atoms with Gasteiger partial charge in [0.1, 0.15) is 0 Å². The Hall–Kier alpha value is -7.30. The van der Waals surface area contributed by atoms with Gasteiger partial charge in [-0.05, 0) is 282 Å². The molecule has 0 aliphatic heterocycles. The van der Waals surface area contributed by atoms with Crippen LogP contribution in [0.3, 0.4) is 0 Å². The van der Waals surface area contributed by atoms with Gasteiger partial charge in [-0.2, -0.15) is 13.2 Å². The zero-order valence-electron chi connectivity index (χ0n) is 66.3. The molecular formula is C94H124F14O3. The van der Waals surface area contributed by atoms with Gasteiger partial charge in [0.05, 0.1) is 21.3 Å². The highest BCUT2D eigenvalue weighted by Crippen LogP contribution is 2.49. The largest absolute Gasteiger partial charge is 0.494 e. The van der Waals surface area contributed by atoms with Crippen molar-refractivity contribution in [2.24, 2.45) is 53.3 Å². The quantitative estimate of drug-likeness (QED) is 0.114. The first-order chi connectivity index (χ1) is 53.1. The summed E-state index contributed by atoms with van der Waals surface area (Å²) in [6.45, 7) is 14.2. The molecule has 14 rings (SSSR count). The predicted octanol–water partition coefficient (Wildman–Crippen LogP) is 30.8. The van der Waals surface area contributed by atoms with E-state index in [0.717, 1.165) is 150 Å². The Balaban J connectivity index is 0.000000305. The van der Waals surface area contributed by atoms with Crippen molar-refractivity contribution in [3.05, 3.63) is 211 Å². The van der Waals surface area contributed by atoms with E-state index in [1.54, 1.807) is 37.3 Å². The summed E-state index contributed by atoms with van der Waals surface area (Å²) in [6, 6.07) is 20.6. The van der Waals surface area contributed by atoms with E-state index >= 15 is 0 Å². The van der Waals surface area contributed by atoms with E-state index in [-0.39, 0.29) is 77.3 Å². The number of benzene rings is 7. The van der Waals surface area contributed by atoms with Crippen molar-refractivity contribution < 1.29 is 84.2 Å². The van der Waals surface area contributed by atoms with E-state index in [2.05, 4.69) is 34.6 Å². The molecule has 0 radical (unpaired) electrons. The lowest BCUT2D eigenvalue weighted by Gasteiger charge is -2.37. The Morgan fingerprint density at radius 1 is 0.243 bits per heavy atom. The third kappa shape index (κ3) is 20.8. The monoisotopic (exact) mass is 1570 g/mol. The lowest BCUT2D eigenvalue weighted by molar-refractivity contribution is 0.164. The van der Waals surface area contributed by atoms with Crippen LogP contribution in [0.15, 0.2) is 91.0 Å². The smallest absolute Gasteiger partial charge is 0.201 e. The highest BCUT2D eigenvalue weighted by molar-refractivity contribution is 5.69. The minimum atomic E-state index is -1.25. The number of methoxy groups -OCH3 is 3. The van der Waals surface area contributed by atoms with Crippen LogP contribution < -0.4 is 14.2 Å². The van der Waals surface area contributed by atoms with Gasteiger partial charge in [-0.15, -0.1) is 0 Å². The zero-order valence-corrected chi connectivity index (χ0v) is 66.3. The van der Waals surface area contributed by atoms with Gasteiger partial charge in [-0.3, -0.25) is 0 Å². The lowest BCUT2D eigenvalue weighted by atomic mass is 9.68. The summed E-state index contributed by atoms with van der Waals surface area (Å²) in [7, 11) is 3.91. The van der Waals surface area contributed by atoms with Crippen LogP contribution in [0, 0.1) is 149 Å². The topological polar surface area (TPSA) is 27.7 Å². The van der Waals surface area contributed by atoms with Crippen molar-refractivity contribution in [1.29, 1.82) is 0 Å². The first-order valence-electron chi connectivity index (χ1n) is 40.7. The molecule has 111 heavy (non-hydrogen) atoms. The van der Waals surface area contributed by atoms with E-state index in [9.17, 15) is 61.5 Å². The zero-order chi connectivity index (χ0) is 80.1. The fourth-order valence-corrected chi connectivity index (χ4v) is 18.5. The molecule has 7 aromatic rings. The molecule has 17 heteroatoms. The van der Waals surface area contributed by atoms with Crippen molar-refractivity contribution >= 4 is 5.57 Å². The molecule has 7 aliphatic rings. The molecule has 0 heterocycles. The lowest BCUT2D eigenvalue weighted by Crippen LogP contribution is -2.25. The molecule has 0 spiro atoms. The standard InChI is InChI=1S/C20H20F4O.C20H20F4.C20H28F2O.C20H28F2.C14H16F2O.6H2/c1-11-3-5-12(6-4-11)13-7-8-14(18(22)17(13)21)15-9-10-16(25-2)20(24)19(15)23;1-11-3-6-13(7-4-11)14-9-10-16(20(24)18(14)22)15-8-5-12(2)17(21)19(15)23;1-13-3-5-14(6-4-13)15-7-9-16(10-8-15)17-11-12-18(23-2)20(22)19(17)21;1-13-3-6-15(7-4-13)16-8-10-17(11-9-16)18-12-5-14(2)19(21)20(18)22;1-9-3-5-10(6-4-9)11-7-8-12(17-2)14(16)13(11)15;;;;;;/h7-12H,3-6H2,1-2H3;5,8-11,13H,3-4,6-7H2,1-2H3;11-16H,3-10H2,1-2H3;5,12-13,15-17H,3-4,6-11H2,1-2H3;5,7-9H,3-4,6H2,1-2H3;6*1H. The maximum Gasteiger partial charge on any atom is 0.201 e. The van der Waals surface area contributed by atoms with E-state index < -0.39 is 81.4 Å². The number of hydrogen-bond donors (Lipinski definition) is 0. The molecule has 7 aromatic carbocycles. The van der Waals surface area contributed by atoms with Gasteiger partial charge in [-0.25, -0.2) is 48.3 Å². The Bertz CT molecular complexity index is 4310. The summed E-state index contributed by atoms with van der Waals surface area (Å²) < 4.78 is 212. The highest BCUT2D eigenvalue weighted by atomic mass is 19.2. The van der Waals surface area contributed by atoms with Crippen molar-refractivity contribution in [2.45, 2.75) is 245 Å². The maximum atomic E-state index is 14.6. The normalized spacial score (nSPS) is 25.4. The van der Waals surface area contributed by atoms with E-state index in [0.29, 0.717) is 51.1 Å². The number of ether oxygens (including phenoxy) is 3. The van der Waals surface area contributed by atoms with Gasteiger partial charge in [0.2, 0.25) is 17.5 Å². The Kier molecular flexibility index (Phi) is 30.8. The molecule has 1 unspecified atom stereocenters. The molecule has 6 saturated carbocycles. The molecule has 3 nitrogen and oxygen atoms in total. The van der Waals surface area contributed by atoms with Crippen LogP contribution >= 0.6 is 0 Å². The summed E-state index contributed by atoms with van der Waals surface area (Å²) in [5.41, 5.74) is 2.53. The van der Waals surface area contributed by atoms with E-state index in [4.69, 9.17) is 14.2 Å². The summed E-state index contributed by atoms with van der Waals surface area (Å²) in [4.78, 5) is 0. The van der Waals surface area contributed by atoms with Crippen LogP contribution in [0.4, 0.5) is 61.5 Å². The maximum absolute atomic E-state index is 14.6. The highest BCUT2D eigenvalue weighted by Gasteiger charge is 2.36. The van der Waals surface area contributed by atoms with Gasteiger partial charge >= 0.3 is 0 Å². The SMILES string of the molecule is COc1ccc(-c2ccc(C3CCC(C)CC3)c(F)c2F)c(F)c1F.COc1ccc(C2=CCC(C)CC2)c(F)c1F.COc1ccc(C2CCC(C3CCC(C)CC3)CC2)c(F)c1F.Cc1ccc(-c2ccc(C3CCC(C)CC3)c(F)c2F)c(F)c1F.Cc1ccc(C2CCC(C3CCC(C)CC3)CC2)c(F)c1F.[HH].[HH].[HH].[HH].[HH].[HH]. The predicted molar refractivity (Wildman–Crippen MR) is 428 cm³/mol. The summed E-state index contributed by atoms with van der Waals surface area (Å²) in [6.07, 6.45) is 31.7. The van der Waals surface area contributed by atoms with Crippen LogP contribution in [0.5, 0.6) is 17.2 Å². The van der Waals surface area contributed by atoms with Gasteiger partial charge in [0, 0.05) is 36.4 Å². The van der Waals surface area contributed by atoms with Gasteiger partial charge in [0.15, 0.2) is 81.2 Å². The van der Waals surface area contributed by atoms with Gasteiger partial charge in [-0.1, -0.05) is 147 Å². The second-order valence-electron chi connectivity index (χ2n) is 33.5. The summed E-state index contributed by atoms with van der Waals surface area (Å²) >= 11 is 0. The van der Waals surface area contributed by atoms with E-state index in [1.807, 2.05) is 6.08 Å². The Morgan fingerprint density at radius 2 is 0.477 bits per heavy atom. The van der Waals surface area contributed by atoms with Gasteiger partial charge in [0.25, 0.3) is 0 Å². The minimum absolute atomic E-state index is 0. The van der Waals surface area contributed by atoms with Crippen molar-refractivity contribution in [2.75, 3.05) is 21.3 Å². The van der Waals surface area contributed by atoms with Gasteiger partial charge < -0.3 is 14.2 Å². The van der Waals surface area contributed by atoms with Crippen LogP contribution in [-0.2, 0) is 0 Å². The summed E-state index contributed by atoms with van der Waals surface area (Å²) in [5, 5.41) is 0. The molecule has 0 amide bonds. The minimum Gasteiger partial charge on any atom is -0.494 e. The number of rotatable bonds is 12. The molecule has 6 fully saturated rings. The first-order valence-corrected chi connectivity index (χ1v) is 40.7. The summed E-state index contributed by atoms with van der Waals surface area (Å²) in [5.74, 6) is -6.29. The first kappa shape index (κ1) is 86.1. The molecule has 616 valence electrons. The second kappa shape index (κ2) is 39.6. The average Bonchev–Trinajstić information content (AvgIpc) is 0.970. The third-order valence-corrected chi connectivity index (χ3v) is 26.0. The van der Waals surface area contributed by atoms with Crippen LogP contribution in [0.1, 0.15) is 279 Å². The average molecular weight is 1570 g/mol. The molecular weight excluding hydrogens is 1440 g/mol. The number of allylic oxidation sites excluding steroid dienone is 2.